The minimum Gasteiger partial charge on any atom is -0.497 e. The Labute approximate surface area is 235 Å². The zero-order chi connectivity index (χ0) is 27.7. The van der Waals surface area contributed by atoms with Gasteiger partial charge >= 0.3 is 0 Å². The van der Waals surface area contributed by atoms with Gasteiger partial charge in [0.15, 0.2) is 0 Å². The molecule has 6 nitrogen and oxygen atoms in total. The van der Waals surface area contributed by atoms with Gasteiger partial charge in [0.1, 0.15) is 11.5 Å². The lowest BCUT2D eigenvalue weighted by Gasteiger charge is -2.18. The molecule has 2 aromatic heterocycles. The molecule has 0 saturated heterocycles. The second-order valence-corrected chi connectivity index (χ2v) is 9.76. The van der Waals surface area contributed by atoms with Crippen molar-refractivity contribution in [2.24, 2.45) is 0 Å². The van der Waals surface area contributed by atoms with Crippen LogP contribution in [0.4, 0.5) is 0 Å². The number of rotatable bonds is 12. The van der Waals surface area contributed by atoms with E-state index in [0.29, 0.717) is 26.0 Å². The average Bonchev–Trinajstić information content (AvgIpc) is 3.35. The van der Waals surface area contributed by atoms with E-state index in [1.54, 1.807) is 13.3 Å². The molecule has 1 N–H and O–H groups in total. The molecular weight excluding hydrogens is 498 g/mol. The molecule has 1 atom stereocenters. The number of hydrogen-bond acceptors (Lipinski definition) is 4. The minimum atomic E-state index is -0.118. The van der Waals surface area contributed by atoms with Crippen LogP contribution in [0.25, 0.3) is 10.9 Å². The van der Waals surface area contributed by atoms with E-state index in [0.717, 1.165) is 45.8 Å². The van der Waals surface area contributed by atoms with Gasteiger partial charge in [0.25, 0.3) is 0 Å². The molecule has 0 bridgehead atoms. The van der Waals surface area contributed by atoms with E-state index in [1.165, 1.54) is 5.56 Å². The predicted molar refractivity (Wildman–Crippen MR) is 159 cm³/mol. The van der Waals surface area contributed by atoms with E-state index in [2.05, 4.69) is 69.6 Å². The van der Waals surface area contributed by atoms with E-state index in [4.69, 9.17) is 9.47 Å². The van der Waals surface area contributed by atoms with Crippen molar-refractivity contribution in [2.75, 3.05) is 20.3 Å². The number of hydrogen-bond donors (Lipinski definition) is 1. The summed E-state index contributed by atoms with van der Waals surface area (Å²) in [6.45, 7) is 3.85. The number of aromatic nitrogens is 2. The smallest absolute Gasteiger partial charge is 0.220 e. The Balaban J connectivity index is 1.44. The number of fused-ring (bicyclic) bond motifs is 1. The molecule has 204 valence electrons. The van der Waals surface area contributed by atoms with E-state index >= 15 is 0 Å². The number of nitrogens with zero attached hydrogens (tertiary/aromatic N) is 2. The SMILES string of the molecule is CCOc1ccc([C@H](CC(=O)NCCc2ccccn2)c2cn(Cc3ccc(OC)cc3)c3ccccc23)cc1. The zero-order valence-electron chi connectivity index (χ0n) is 23.0. The second kappa shape index (κ2) is 13.0. The maximum atomic E-state index is 13.3. The highest BCUT2D eigenvalue weighted by molar-refractivity contribution is 5.86. The molecule has 0 aliphatic carbocycles. The molecule has 0 radical (unpaired) electrons. The number of carbonyl (C=O) groups excluding carboxylic acids is 1. The van der Waals surface area contributed by atoms with Crippen molar-refractivity contribution in [2.45, 2.75) is 32.2 Å². The van der Waals surface area contributed by atoms with E-state index in [9.17, 15) is 4.79 Å². The third-order valence-electron chi connectivity index (χ3n) is 7.12. The van der Waals surface area contributed by atoms with Crippen molar-refractivity contribution in [3.05, 3.63) is 126 Å². The van der Waals surface area contributed by atoms with Gasteiger partial charge in [0.05, 0.1) is 13.7 Å². The van der Waals surface area contributed by atoms with Crippen LogP contribution in [0.15, 0.2) is 103 Å². The van der Waals surface area contributed by atoms with Crippen LogP contribution in [0.1, 0.15) is 41.6 Å². The van der Waals surface area contributed by atoms with Crippen LogP contribution in [-0.4, -0.2) is 35.7 Å². The first kappa shape index (κ1) is 27.0. The van der Waals surface area contributed by atoms with Gasteiger partial charge in [-0.1, -0.05) is 48.5 Å². The third-order valence-corrected chi connectivity index (χ3v) is 7.12. The van der Waals surface area contributed by atoms with Crippen molar-refractivity contribution in [1.29, 1.82) is 0 Å². The highest BCUT2D eigenvalue weighted by Gasteiger charge is 2.23. The lowest BCUT2D eigenvalue weighted by molar-refractivity contribution is -0.121. The molecule has 5 aromatic rings. The Kier molecular flexibility index (Phi) is 8.76. The molecule has 0 fully saturated rings. The number of ether oxygens (including phenoxy) is 2. The maximum Gasteiger partial charge on any atom is 0.220 e. The van der Waals surface area contributed by atoms with E-state index in [-0.39, 0.29) is 11.8 Å². The fourth-order valence-corrected chi connectivity index (χ4v) is 5.12. The molecule has 6 heteroatoms. The van der Waals surface area contributed by atoms with Crippen molar-refractivity contribution < 1.29 is 14.3 Å². The van der Waals surface area contributed by atoms with Crippen LogP contribution in [-0.2, 0) is 17.8 Å². The topological polar surface area (TPSA) is 65.4 Å². The van der Waals surface area contributed by atoms with Gasteiger partial charge in [-0.3, -0.25) is 9.78 Å². The molecule has 3 aromatic carbocycles. The summed E-state index contributed by atoms with van der Waals surface area (Å²) in [5.74, 6) is 1.56. The molecule has 0 unspecified atom stereocenters. The third kappa shape index (κ3) is 6.52. The van der Waals surface area contributed by atoms with Crippen molar-refractivity contribution in [3.8, 4) is 11.5 Å². The molecule has 1 amide bonds. The number of nitrogens with one attached hydrogen (secondary N) is 1. The second-order valence-electron chi connectivity index (χ2n) is 9.76. The fourth-order valence-electron chi connectivity index (χ4n) is 5.12. The Hall–Kier alpha value is -4.58. The summed E-state index contributed by atoms with van der Waals surface area (Å²) in [5, 5.41) is 4.27. The average molecular weight is 534 g/mol. The van der Waals surface area contributed by atoms with Gasteiger partial charge in [-0.05, 0) is 66.1 Å². The summed E-state index contributed by atoms with van der Waals surface area (Å²) in [6.07, 6.45) is 5.02. The molecule has 40 heavy (non-hydrogen) atoms. The summed E-state index contributed by atoms with van der Waals surface area (Å²) >= 11 is 0. The molecule has 0 spiro atoms. The van der Waals surface area contributed by atoms with Gasteiger partial charge in [-0.25, -0.2) is 0 Å². The van der Waals surface area contributed by atoms with Gasteiger partial charge in [-0.2, -0.15) is 0 Å². The Morgan fingerprint density at radius 2 is 1.68 bits per heavy atom. The fraction of sp³-hybridized carbons (Fsp3) is 0.235. The number of amides is 1. The predicted octanol–water partition coefficient (Wildman–Crippen LogP) is 6.37. The molecular formula is C34H35N3O3. The van der Waals surface area contributed by atoms with Gasteiger partial charge in [0, 0.05) is 60.8 Å². The molecule has 2 heterocycles. The first-order valence-electron chi connectivity index (χ1n) is 13.7. The number of para-hydroxylation sites is 1. The van der Waals surface area contributed by atoms with E-state index in [1.807, 2.05) is 49.4 Å². The Morgan fingerprint density at radius 3 is 2.40 bits per heavy atom. The first-order valence-corrected chi connectivity index (χ1v) is 13.7. The molecule has 0 saturated carbocycles. The van der Waals surface area contributed by atoms with Crippen LogP contribution in [0.3, 0.4) is 0 Å². The summed E-state index contributed by atoms with van der Waals surface area (Å²) in [5.41, 5.74) is 5.49. The van der Waals surface area contributed by atoms with Crippen LogP contribution >= 0.6 is 0 Å². The zero-order valence-corrected chi connectivity index (χ0v) is 23.0. The number of pyridine rings is 1. The maximum absolute atomic E-state index is 13.3. The van der Waals surface area contributed by atoms with Gasteiger partial charge in [0.2, 0.25) is 5.91 Å². The van der Waals surface area contributed by atoms with Crippen molar-refractivity contribution >= 4 is 16.8 Å². The first-order chi connectivity index (χ1) is 19.6. The lowest BCUT2D eigenvalue weighted by atomic mass is 9.88. The Bertz CT molecular complexity index is 1530. The summed E-state index contributed by atoms with van der Waals surface area (Å²) < 4.78 is 13.3. The lowest BCUT2D eigenvalue weighted by Crippen LogP contribution is -2.27. The highest BCUT2D eigenvalue weighted by atomic mass is 16.5. The van der Waals surface area contributed by atoms with Crippen molar-refractivity contribution in [1.82, 2.24) is 14.9 Å². The highest BCUT2D eigenvalue weighted by Crippen LogP contribution is 2.36. The normalized spacial score (nSPS) is 11.8. The molecule has 0 aliphatic rings. The largest absolute Gasteiger partial charge is 0.497 e. The van der Waals surface area contributed by atoms with Gasteiger partial charge < -0.3 is 19.4 Å². The van der Waals surface area contributed by atoms with Crippen LogP contribution in [0.5, 0.6) is 11.5 Å². The Morgan fingerprint density at radius 1 is 0.925 bits per heavy atom. The monoisotopic (exact) mass is 533 g/mol. The minimum absolute atomic E-state index is 0.0156. The summed E-state index contributed by atoms with van der Waals surface area (Å²) in [7, 11) is 1.68. The number of carbonyl (C=O) groups is 1. The van der Waals surface area contributed by atoms with Crippen molar-refractivity contribution in [3.63, 3.8) is 0 Å². The molecule has 0 aliphatic heterocycles. The molecule has 5 rings (SSSR count). The standard InChI is InChI=1S/C34H35N3O3/c1-3-40-29-17-13-26(14-18-29)31(22-34(38)36-21-19-27-8-6-7-20-35-27)32-24-37(33-10-5-4-9-30(32)33)23-25-11-15-28(39-2)16-12-25/h4-18,20,24,31H,3,19,21-23H2,1-2H3,(H,36,38)/t31-/m0/s1. The van der Waals surface area contributed by atoms with E-state index < -0.39 is 0 Å². The van der Waals surface area contributed by atoms with Crippen LogP contribution in [0.2, 0.25) is 0 Å². The van der Waals surface area contributed by atoms with Gasteiger partial charge in [-0.15, -0.1) is 0 Å². The quantitative estimate of drug-likeness (QED) is 0.202. The van der Waals surface area contributed by atoms with Crippen LogP contribution < -0.4 is 14.8 Å². The summed E-state index contributed by atoms with van der Waals surface area (Å²) in [6, 6.07) is 30.5. The number of benzene rings is 3. The van der Waals surface area contributed by atoms with Crippen LogP contribution in [0, 0.1) is 0 Å². The summed E-state index contributed by atoms with van der Waals surface area (Å²) in [4.78, 5) is 17.6. The number of methoxy groups -OCH3 is 1.